The van der Waals surface area contributed by atoms with Gasteiger partial charge in [-0.05, 0) is 49.6 Å². The molecule has 0 bridgehead atoms. The van der Waals surface area contributed by atoms with Gasteiger partial charge in [0.15, 0.2) is 0 Å². The Morgan fingerprint density at radius 1 is 0.760 bits per heavy atom. The first kappa shape index (κ1) is 19.4. The molecule has 0 saturated heterocycles. The number of nitrogens with one attached hydrogen (secondary N) is 1. The molecule has 0 heterocycles. The summed E-state index contributed by atoms with van der Waals surface area (Å²) in [4.78, 5) is 0. The van der Waals surface area contributed by atoms with Crippen molar-refractivity contribution < 1.29 is 4.74 Å². The summed E-state index contributed by atoms with van der Waals surface area (Å²) in [6, 6.07) is 16.9. The molecular weight excluding hydrogens is 306 g/mol. The van der Waals surface area contributed by atoms with Crippen LogP contribution in [0.4, 0.5) is 11.4 Å². The van der Waals surface area contributed by atoms with Gasteiger partial charge < -0.3 is 10.1 Å². The Hall–Kier alpha value is -1.96. The Labute approximate surface area is 153 Å². The maximum atomic E-state index is 5.55. The molecular formula is C23H33NO. The fourth-order valence-corrected chi connectivity index (χ4v) is 3.04. The van der Waals surface area contributed by atoms with Crippen LogP contribution in [0.15, 0.2) is 48.5 Å². The van der Waals surface area contributed by atoms with Gasteiger partial charge in [0.1, 0.15) is 5.75 Å². The SMILES string of the molecule is CCCCCCCCCc1ccc(Nc2cccc(OCC)c2)cc1. The van der Waals surface area contributed by atoms with Crippen molar-refractivity contribution in [1.82, 2.24) is 0 Å². The topological polar surface area (TPSA) is 21.3 Å². The Morgan fingerprint density at radius 3 is 2.20 bits per heavy atom. The van der Waals surface area contributed by atoms with Crippen LogP contribution in [0.2, 0.25) is 0 Å². The highest BCUT2D eigenvalue weighted by Gasteiger charge is 1.99. The molecule has 0 aliphatic rings. The van der Waals surface area contributed by atoms with Crippen molar-refractivity contribution in [1.29, 1.82) is 0 Å². The van der Waals surface area contributed by atoms with E-state index >= 15 is 0 Å². The second-order valence-electron chi connectivity index (χ2n) is 6.65. The van der Waals surface area contributed by atoms with Crippen molar-refractivity contribution in [2.75, 3.05) is 11.9 Å². The average Bonchev–Trinajstić information content (AvgIpc) is 2.63. The second kappa shape index (κ2) is 11.6. The van der Waals surface area contributed by atoms with E-state index in [0.29, 0.717) is 6.61 Å². The maximum Gasteiger partial charge on any atom is 0.121 e. The number of aryl methyl sites for hydroxylation is 1. The van der Waals surface area contributed by atoms with E-state index in [1.165, 1.54) is 56.9 Å². The van der Waals surface area contributed by atoms with E-state index in [1.54, 1.807) is 0 Å². The summed E-state index contributed by atoms with van der Waals surface area (Å²) in [5.41, 5.74) is 3.62. The molecule has 0 aliphatic carbocycles. The summed E-state index contributed by atoms with van der Waals surface area (Å²) in [7, 11) is 0. The summed E-state index contributed by atoms with van der Waals surface area (Å²) >= 11 is 0. The Bertz CT molecular complexity index is 591. The summed E-state index contributed by atoms with van der Waals surface area (Å²) in [6.07, 6.45) is 10.8. The number of anilines is 2. The number of unbranched alkanes of at least 4 members (excludes halogenated alkanes) is 6. The van der Waals surface area contributed by atoms with Crippen molar-refractivity contribution in [3.8, 4) is 5.75 Å². The zero-order valence-electron chi connectivity index (χ0n) is 15.9. The third kappa shape index (κ3) is 7.64. The largest absolute Gasteiger partial charge is 0.494 e. The van der Waals surface area contributed by atoms with Crippen LogP contribution in [0.3, 0.4) is 0 Å². The molecule has 0 aromatic heterocycles. The quantitative estimate of drug-likeness (QED) is 0.415. The fraction of sp³-hybridized carbons (Fsp3) is 0.478. The van der Waals surface area contributed by atoms with E-state index in [9.17, 15) is 0 Å². The maximum absolute atomic E-state index is 5.55. The van der Waals surface area contributed by atoms with Crippen LogP contribution in [-0.2, 0) is 6.42 Å². The third-order valence-corrected chi connectivity index (χ3v) is 4.46. The molecule has 2 nitrogen and oxygen atoms in total. The lowest BCUT2D eigenvalue weighted by Gasteiger charge is -2.10. The molecule has 0 unspecified atom stereocenters. The van der Waals surface area contributed by atoms with Gasteiger partial charge in [0, 0.05) is 17.4 Å². The molecule has 136 valence electrons. The molecule has 0 amide bonds. The zero-order valence-corrected chi connectivity index (χ0v) is 15.9. The number of ether oxygens (including phenoxy) is 1. The number of benzene rings is 2. The lowest BCUT2D eigenvalue weighted by atomic mass is 10.0. The van der Waals surface area contributed by atoms with E-state index in [4.69, 9.17) is 4.74 Å². The van der Waals surface area contributed by atoms with E-state index < -0.39 is 0 Å². The lowest BCUT2D eigenvalue weighted by molar-refractivity contribution is 0.340. The van der Waals surface area contributed by atoms with Crippen molar-refractivity contribution in [3.63, 3.8) is 0 Å². The molecule has 2 rings (SSSR count). The molecule has 0 radical (unpaired) electrons. The van der Waals surface area contributed by atoms with Gasteiger partial charge in [0.05, 0.1) is 6.61 Å². The molecule has 25 heavy (non-hydrogen) atoms. The summed E-state index contributed by atoms with van der Waals surface area (Å²) in [6.45, 7) is 4.97. The molecule has 0 spiro atoms. The molecule has 2 aromatic rings. The molecule has 0 saturated carbocycles. The highest BCUT2D eigenvalue weighted by atomic mass is 16.5. The Morgan fingerprint density at radius 2 is 1.48 bits per heavy atom. The van der Waals surface area contributed by atoms with Gasteiger partial charge in [0.25, 0.3) is 0 Å². The van der Waals surface area contributed by atoms with Gasteiger partial charge in [-0.2, -0.15) is 0 Å². The van der Waals surface area contributed by atoms with Gasteiger partial charge in [0.2, 0.25) is 0 Å². The van der Waals surface area contributed by atoms with Crippen molar-refractivity contribution >= 4 is 11.4 Å². The minimum atomic E-state index is 0.691. The molecule has 0 aliphatic heterocycles. The van der Waals surface area contributed by atoms with Crippen molar-refractivity contribution in [2.24, 2.45) is 0 Å². The van der Waals surface area contributed by atoms with Crippen LogP contribution in [0.5, 0.6) is 5.75 Å². The van der Waals surface area contributed by atoms with Crippen LogP contribution in [0.25, 0.3) is 0 Å². The fourth-order valence-electron chi connectivity index (χ4n) is 3.04. The predicted molar refractivity (Wildman–Crippen MR) is 109 cm³/mol. The van der Waals surface area contributed by atoms with Crippen molar-refractivity contribution in [2.45, 2.75) is 65.2 Å². The summed E-state index contributed by atoms with van der Waals surface area (Å²) < 4.78 is 5.55. The first-order chi connectivity index (χ1) is 12.3. The minimum absolute atomic E-state index is 0.691. The third-order valence-electron chi connectivity index (χ3n) is 4.46. The van der Waals surface area contributed by atoms with Gasteiger partial charge in [-0.3, -0.25) is 0 Å². The van der Waals surface area contributed by atoms with Gasteiger partial charge >= 0.3 is 0 Å². The number of hydrogen-bond donors (Lipinski definition) is 1. The Kier molecular flexibility index (Phi) is 8.96. The van der Waals surface area contributed by atoms with E-state index in [-0.39, 0.29) is 0 Å². The van der Waals surface area contributed by atoms with Crippen LogP contribution >= 0.6 is 0 Å². The van der Waals surface area contributed by atoms with E-state index in [2.05, 4.69) is 42.6 Å². The average molecular weight is 340 g/mol. The molecule has 0 atom stereocenters. The zero-order chi connectivity index (χ0) is 17.7. The monoisotopic (exact) mass is 339 g/mol. The van der Waals surface area contributed by atoms with Crippen LogP contribution in [0, 0.1) is 0 Å². The van der Waals surface area contributed by atoms with Gasteiger partial charge in [-0.25, -0.2) is 0 Å². The highest BCUT2D eigenvalue weighted by molar-refractivity contribution is 5.61. The number of rotatable bonds is 12. The highest BCUT2D eigenvalue weighted by Crippen LogP contribution is 2.22. The summed E-state index contributed by atoms with van der Waals surface area (Å²) in [5.74, 6) is 0.906. The minimum Gasteiger partial charge on any atom is -0.494 e. The van der Waals surface area contributed by atoms with Gasteiger partial charge in [-0.15, -0.1) is 0 Å². The molecule has 2 aromatic carbocycles. The normalized spacial score (nSPS) is 10.6. The van der Waals surface area contributed by atoms with Gasteiger partial charge in [-0.1, -0.05) is 63.6 Å². The smallest absolute Gasteiger partial charge is 0.121 e. The molecule has 1 N–H and O–H groups in total. The first-order valence-electron chi connectivity index (χ1n) is 9.90. The lowest BCUT2D eigenvalue weighted by Crippen LogP contribution is -1.94. The standard InChI is InChI=1S/C23H33NO/c1-3-5-6-7-8-9-10-12-20-15-17-21(18-16-20)24-22-13-11-14-23(19-22)25-4-2/h11,13-19,24H,3-10,12H2,1-2H3. The van der Waals surface area contributed by atoms with E-state index in [1.807, 2.05) is 25.1 Å². The first-order valence-corrected chi connectivity index (χ1v) is 9.90. The summed E-state index contributed by atoms with van der Waals surface area (Å²) in [5, 5.41) is 3.45. The number of hydrogen-bond acceptors (Lipinski definition) is 2. The second-order valence-corrected chi connectivity index (χ2v) is 6.65. The van der Waals surface area contributed by atoms with Crippen LogP contribution in [-0.4, -0.2) is 6.61 Å². The molecule has 2 heteroatoms. The van der Waals surface area contributed by atoms with E-state index in [0.717, 1.165) is 17.1 Å². The van der Waals surface area contributed by atoms with Crippen LogP contribution < -0.4 is 10.1 Å². The predicted octanol–water partition coefficient (Wildman–Crippen LogP) is 7.12. The Balaban J connectivity index is 1.73. The molecule has 0 fully saturated rings. The van der Waals surface area contributed by atoms with Crippen molar-refractivity contribution in [3.05, 3.63) is 54.1 Å². The van der Waals surface area contributed by atoms with Crippen LogP contribution in [0.1, 0.15) is 64.4 Å².